The van der Waals surface area contributed by atoms with Gasteiger partial charge in [-0.1, -0.05) is 44.2 Å². The largest absolute Gasteiger partial charge is 0.469 e. The molecule has 2 N–H and O–H groups in total. The third kappa shape index (κ3) is 5.86. The molecule has 6 nitrogen and oxygen atoms in total. The number of guanidine groups is 1. The first-order valence-corrected chi connectivity index (χ1v) is 10.4. The van der Waals surface area contributed by atoms with Crippen LogP contribution in [0.2, 0.25) is 0 Å². The number of nitrogens with zero attached hydrogens (tertiary/aromatic N) is 2. The Kier molecular flexibility index (Phi) is 7.33. The minimum atomic E-state index is 0.0886. The molecule has 0 radical (unpaired) electrons. The van der Waals surface area contributed by atoms with Gasteiger partial charge in [-0.2, -0.15) is 0 Å². The van der Waals surface area contributed by atoms with Gasteiger partial charge in [-0.3, -0.25) is 9.79 Å². The molecule has 6 heteroatoms. The molecule has 0 spiro atoms. The zero-order valence-corrected chi connectivity index (χ0v) is 17.6. The van der Waals surface area contributed by atoms with Gasteiger partial charge in [-0.25, -0.2) is 0 Å². The smallest absolute Gasteiger partial charge is 0.223 e. The summed E-state index contributed by atoms with van der Waals surface area (Å²) in [5.41, 5.74) is 1.18. The number of hydrogen-bond donors (Lipinski definition) is 2. The highest BCUT2D eigenvalue weighted by Crippen LogP contribution is 2.36. The number of aliphatic imine (C=N–C) groups is 1. The molecular weight excluding hydrogens is 364 g/mol. The van der Waals surface area contributed by atoms with Gasteiger partial charge in [-0.05, 0) is 23.6 Å². The van der Waals surface area contributed by atoms with Gasteiger partial charge < -0.3 is 20.0 Å². The first-order chi connectivity index (χ1) is 14.0. The molecule has 0 bridgehead atoms. The number of amides is 1. The van der Waals surface area contributed by atoms with E-state index in [1.807, 2.05) is 42.3 Å². The van der Waals surface area contributed by atoms with Gasteiger partial charge in [0.05, 0.1) is 12.3 Å². The zero-order chi connectivity index (χ0) is 20.6. The minimum absolute atomic E-state index is 0.0886. The molecule has 2 heterocycles. The number of rotatable bonds is 8. The van der Waals surface area contributed by atoms with Crippen LogP contribution in [0, 0.1) is 11.8 Å². The number of nitrogens with one attached hydrogen (secondary N) is 2. The summed E-state index contributed by atoms with van der Waals surface area (Å²) in [5.74, 6) is 2.62. The van der Waals surface area contributed by atoms with Crippen LogP contribution in [-0.4, -0.2) is 43.4 Å². The SMILES string of the molecule is CC(C)CN=C(NCCc1ccco1)NCC1CC(=O)N(C)C1c1ccccc1. The summed E-state index contributed by atoms with van der Waals surface area (Å²) >= 11 is 0. The summed E-state index contributed by atoms with van der Waals surface area (Å²) < 4.78 is 5.40. The molecule has 3 rings (SSSR count). The first kappa shape index (κ1) is 21.0. The number of furan rings is 1. The highest BCUT2D eigenvalue weighted by atomic mass is 16.3. The Morgan fingerprint density at radius 3 is 2.69 bits per heavy atom. The van der Waals surface area contributed by atoms with Crippen molar-refractivity contribution in [2.24, 2.45) is 16.8 Å². The van der Waals surface area contributed by atoms with E-state index in [1.165, 1.54) is 5.56 Å². The van der Waals surface area contributed by atoms with Crippen molar-refractivity contribution in [3.63, 3.8) is 0 Å². The Morgan fingerprint density at radius 2 is 2.00 bits per heavy atom. The van der Waals surface area contributed by atoms with Crippen LogP contribution in [0.3, 0.4) is 0 Å². The van der Waals surface area contributed by atoms with Crippen LogP contribution in [0.15, 0.2) is 58.1 Å². The van der Waals surface area contributed by atoms with Crippen molar-refractivity contribution < 1.29 is 9.21 Å². The summed E-state index contributed by atoms with van der Waals surface area (Å²) in [6.07, 6.45) is 3.04. The highest BCUT2D eigenvalue weighted by molar-refractivity contribution is 5.81. The molecule has 1 amide bonds. The lowest BCUT2D eigenvalue weighted by molar-refractivity contribution is -0.127. The maximum absolute atomic E-state index is 12.4. The van der Waals surface area contributed by atoms with E-state index in [-0.39, 0.29) is 17.9 Å². The third-order valence-corrected chi connectivity index (χ3v) is 5.23. The van der Waals surface area contributed by atoms with E-state index in [1.54, 1.807) is 6.26 Å². The van der Waals surface area contributed by atoms with Crippen LogP contribution >= 0.6 is 0 Å². The molecule has 0 aliphatic carbocycles. The fourth-order valence-electron chi connectivity index (χ4n) is 3.72. The third-order valence-electron chi connectivity index (χ3n) is 5.23. The van der Waals surface area contributed by atoms with E-state index in [0.717, 1.165) is 31.2 Å². The van der Waals surface area contributed by atoms with E-state index >= 15 is 0 Å². The molecule has 1 saturated heterocycles. The predicted molar refractivity (Wildman–Crippen MR) is 116 cm³/mol. The highest BCUT2D eigenvalue weighted by Gasteiger charge is 2.38. The summed E-state index contributed by atoms with van der Waals surface area (Å²) in [6.45, 7) is 6.49. The van der Waals surface area contributed by atoms with Crippen LogP contribution in [0.4, 0.5) is 0 Å². The lowest BCUT2D eigenvalue weighted by Gasteiger charge is -2.26. The van der Waals surface area contributed by atoms with E-state index in [4.69, 9.17) is 9.41 Å². The molecule has 1 aromatic heterocycles. The van der Waals surface area contributed by atoms with Crippen molar-refractivity contribution in [3.8, 4) is 0 Å². The van der Waals surface area contributed by atoms with E-state index in [2.05, 4.69) is 36.6 Å². The van der Waals surface area contributed by atoms with Gasteiger partial charge in [0.15, 0.2) is 5.96 Å². The van der Waals surface area contributed by atoms with Crippen molar-refractivity contribution in [2.75, 3.05) is 26.7 Å². The second-order valence-corrected chi connectivity index (χ2v) is 8.04. The van der Waals surface area contributed by atoms with Crippen molar-refractivity contribution in [3.05, 3.63) is 60.1 Å². The molecule has 2 unspecified atom stereocenters. The normalized spacial score (nSPS) is 19.8. The predicted octanol–water partition coefficient (Wildman–Crippen LogP) is 3.23. The van der Waals surface area contributed by atoms with Crippen molar-refractivity contribution in [1.29, 1.82) is 0 Å². The molecule has 1 aliphatic rings. The second-order valence-electron chi connectivity index (χ2n) is 8.04. The summed E-state index contributed by atoms with van der Waals surface area (Å²) in [4.78, 5) is 18.9. The fourth-order valence-corrected chi connectivity index (χ4v) is 3.72. The van der Waals surface area contributed by atoms with Crippen molar-refractivity contribution in [1.82, 2.24) is 15.5 Å². The number of carbonyl (C=O) groups is 1. The zero-order valence-electron chi connectivity index (χ0n) is 17.6. The van der Waals surface area contributed by atoms with Crippen LogP contribution in [0.1, 0.15) is 37.6 Å². The maximum atomic E-state index is 12.4. The average molecular weight is 397 g/mol. The molecule has 2 aromatic rings. The van der Waals surface area contributed by atoms with Gasteiger partial charge in [-0.15, -0.1) is 0 Å². The molecule has 2 atom stereocenters. The van der Waals surface area contributed by atoms with Crippen LogP contribution in [0.5, 0.6) is 0 Å². The Morgan fingerprint density at radius 1 is 1.21 bits per heavy atom. The maximum Gasteiger partial charge on any atom is 0.223 e. The molecule has 156 valence electrons. The lowest BCUT2D eigenvalue weighted by Crippen LogP contribution is -2.41. The van der Waals surface area contributed by atoms with E-state index < -0.39 is 0 Å². The Labute approximate surface area is 173 Å². The monoisotopic (exact) mass is 396 g/mol. The summed E-state index contributed by atoms with van der Waals surface area (Å²) in [6, 6.07) is 14.2. The quantitative estimate of drug-likeness (QED) is 0.531. The van der Waals surface area contributed by atoms with E-state index in [0.29, 0.717) is 18.9 Å². The Hall–Kier alpha value is -2.76. The van der Waals surface area contributed by atoms with Gasteiger partial charge in [0.25, 0.3) is 0 Å². The molecule has 29 heavy (non-hydrogen) atoms. The number of benzene rings is 1. The number of hydrogen-bond acceptors (Lipinski definition) is 3. The van der Waals surface area contributed by atoms with Crippen LogP contribution in [0.25, 0.3) is 0 Å². The Balaban J connectivity index is 1.62. The second kappa shape index (κ2) is 10.1. The van der Waals surface area contributed by atoms with Gasteiger partial charge >= 0.3 is 0 Å². The van der Waals surface area contributed by atoms with Gasteiger partial charge in [0.2, 0.25) is 5.91 Å². The Bertz CT molecular complexity index is 786. The van der Waals surface area contributed by atoms with Gasteiger partial charge in [0.1, 0.15) is 5.76 Å². The number of likely N-dealkylation sites (tertiary alicyclic amines) is 1. The van der Waals surface area contributed by atoms with Crippen molar-refractivity contribution >= 4 is 11.9 Å². The van der Waals surface area contributed by atoms with E-state index in [9.17, 15) is 4.79 Å². The van der Waals surface area contributed by atoms with Gasteiger partial charge in [0, 0.05) is 45.4 Å². The van der Waals surface area contributed by atoms with Crippen molar-refractivity contribution in [2.45, 2.75) is 32.7 Å². The summed E-state index contributed by atoms with van der Waals surface area (Å²) in [5, 5.41) is 6.86. The molecule has 1 aliphatic heterocycles. The van der Waals surface area contributed by atoms with Crippen LogP contribution in [-0.2, 0) is 11.2 Å². The lowest BCUT2D eigenvalue weighted by atomic mass is 9.94. The molecule has 0 saturated carbocycles. The standard InChI is InChI=1S/C23H32N4O2/c1-17(2)15-25-23(24-12-11-20-10-7-13-29-20)26-16-19-14-21(28)27(3)22(19)18-8-5-4-6-9-18/h4-10,13,17,19,22H,11-12,14-16H2,1-3H3,(H2,24,25,26). The average Bonchev–Trinajstić information content (AvgIpc) is 3.32. The van der Waals surface area contributed by atoms with Crippen LogP contribution < -0.4 is 10.6 Å². The first-order valence-electron chi connectivity index (χ1n) is 10.4. The summed E-state index contributed by atoms with van der Waals surface area (Å²) in [7, 11) is 1.90. The molecular formula is C23H32N4O2. The number of carbonyl (C=O) groups excluding carboxylic acids is 1. The molecule has 1 fully saturated rings. The minimum Gasteiger partial charge on any atom is -0.469 e. The molecule has 1 aromatic carbocycles. The fraction of sp³-hybridized carbons (Fsp3) is 0.478. The topological polar surface area (TPSA) is 69.9 Å².